The highest BCUT2D eigenvalue weighted by molar-refractivity contribution is 6.61. The average Bonchev–Trinajstić information content (AvgIpc) is 3.35. The molecule has 3 heterocycles. The standard InChI is InChI=1S/C15H10B7N5O.C2H3N/c16-12(17)9(13(18,19)15(22,28)14(12,20)21)5-27-4-7(3-26-27)10-8-1-2-23-11(8)25-6-24-10;1-2-3/h1-4,6,9,28H,5H2,(H,23,24,25);1H3. The number of nitrogens with one attached hydrogen (secondary N) is 1. The number of hydrogen-bond acceptors (Lipinski definition) is 5. The molecule has 1 saturated carbocycles. The predicted octanol–water partition coefficient (Wildman–Crippen LogP) is -0.802. The number of rotatable bonds is 3. The van der Waals surface area contributed by atoms with Gasteiger partial charge in [0.2, 0.25) is 0 Å². The second-order valence-corrected chi connectivity index (χ2v) is 7.69. The Hall–Kier alpha value is -2.27. The molecule has 14 radical (unpaired) electrons. The second kappa shape index (κ2) is 7.70. The molecule has 1 aliphatic rings. The lowest BCUT2D eigenvalue weighted by atomic mass is 9.25. The second-order valence-electron chi connectivity index (χ2n) is 7.69. The summed E-state index contributed by atoms with van der Waals surface area (Å²) in [6.07, 6.45) is 6.54. The van der Waals surface area contributed by atoms with Gasteiger partial charge in [-0.15, -0.1) is 5.21 Å². The smallest absolute Gasteiger partial charge is 0.141 e. The van der Waals surface area contributed by atoms with Crippen LogP contribution < -0.4 is 0 Å². The maximum atomic E-state index is 10.6. The maximum absolute atomic E-state index is 10.6. The minimum absolute atomic E-state index is 0.0109. The number of aromatic nitrogens is 5. The van der Waals surface area contributed by atoms with Crippen LogP contribution in [0.15, 0.2) is 31.0 Å². The van der Waals surface area contributed by atoms with Crippen LogP contribution in [0.3, 0.4) is 0 Å². The summed E-state index contributed by atoms with van der Waals surface area (Å²) >= 11 is 0. The summed E-state index contributed by atoms with van der Waals surface area (Å²) in [6.45, 7) is 1.44. The molecule has 2 atom stereocenters. The lowest BCUT2D eigenvalue weighted by molar-refractivity contribution is 0.105. The summed E-state index contributed by atoms with van der Waals surface area (Å²) in [6, 6.07) is 3.61. The third kappa shape index (κ3) is 3.38. The topological polar surface area (TPSA) is 103 Å². The number of fused-ring (bicyclic) bond motifs is 1. The van der Waals surface area contributed by atoms with Gasteiger partial charge in [0.1, 0.15) is 19.8 Å². The lowest BCUT2D eigenvalue weighted by Crippen LogP contribution is -2.51. The average molecular weight is 393 g/mol. The van der Waals surface area contributed by atoms with Crippen LogP contribution in [-0.2, 0) is 6.54 Å². The molecular formula is C17H13B7N6O. The largest absolute Gasteiger partial charge is 0.402 e. The van der Waals surface area contributed by atoms with Gasteiger partial charge in [0.15, 0.2) is 0 Å². The summed E-state index contributed by atoms with van der Waals surface area (Å²) < 4.78 is 1.51. The number of nitrogens with zero attached hydrogens (tertiary/aromatic N) is 5. The van der Waals surface area contributed by atoms with E-state index in [-0.39, 0.29) is 6.54 Å². The van der Waals surface area contributed by atoms with Gasteiger partial charge in [-0.05, 0) is 12.0 Å². The van der Waals surface area contributed by atoms with Crippen molar-refractivity contribution < 1.29 is 5.11 Å². The fourth-order valence-corrected chi connectivity index (χ4v) is 3.81. The molecule has 31 heavy (non-hydrogen) atoms. The van der Waals surface area contributed by atoms with Crippen LogP contribution in [-0.4, -0.2) is 90.3 Å². The number of hydrogen-bond donors (Lipinski definition) is 2. The van der Waals surface area contributed by atoms with E-state index in [1.54, 1.807) is 24.7 Å². The fourth-order valence-electron chi connectivity index (χ4n) is 3.81. The minimum atomic E-state index is -2.42. The Kier molecular flexibility index (Phi) is 5.81. The normalized spacial score (nSPS) is 25.4. The number of H-pyrrole nitrogens is 1. The van der Waals surface area contributed by atoms with E-state index in [1.807, 2.05) is 6.07 Å². The van der Waals surface area contributed by atoms with E-state index >= 15 is 0 Å². The summed E-state index contributed by atoms with van der Waals surface area (Å²) in [5.41, 5.74) is -0.318. The minimum Gasteiger partial charge on any atom is -0.402 e. The molecule has 14 heteroatoms. The van der Waals surface area contributed by atoms with Crippen LogP contribution in [0.4, 0.5) is 0 Å². The zero-order valence-corrected chi connectivity index (χ0v) is 16.9. The summed E-state index contributed by atoms with van der Waals surface area (Å²) in [5, 5.41) is 17.0. The number of nitriles is 1. The van der Waals surface area contributed by atoms with E-state index in [0.717, 1.165) is 10.9 Å². The van der Waals surface area contributed by atoms with Gasteiger partial charge in [-0.25, -0.2) is 9.97 Å². The summed E-state index contributed by atoms with van der Waals surface area (Å²) in [4.78, 5) is 11.5. The molecule has 3 aromatic rings. The van der Waals surface area contributed by atoms with Crippen LogP contribution in [0.1, 0.15) is 6.92 Å². The molecule has 0 amide bonds. The van der Waals surface area contributed by atoms with Gasteiger partial charge in [0, 0.05) is 42.3 Å². The van der Waals surface area contributed by atoms with Gasteiger partial charge in [-0.3, -0.25) is 4.68 Å². The number of aliphatic hydroxyl groups is 1. The molecule has 0 spiro atoms. The van der Waals surface area contributed by atoms with E-state index in [9.17, 15) is 5.11 Å². The first-order valence-electron chi connectivity index (χ1n) is 9.19. The molecule has 7 nitrogen and oxygen atoms in total. The molecule has 0 saturated heterocycles. The van der Waals surface area contributed by atoms with Crippen molar-refractivity contribution in [3.8, 4) is 17.3 Å². The van der Waals surface area contributed by atoms with Crippen molar-refractivity contribution in [3.63, 3.8) is 0 Å². The monoisotopic (exact) mass is 394 g/mol. The molecule has 0 bridgehead atoms. The predicted molar refractivity (Wildman–Crippen MR) is 123 cm³/mol. The summed E-state index contributed by atoms with van der Waals surface area (Å²) in [7, 11) is 42.2. The highest BCUT2D eigenvalue weighted by Crippen LogP contribution is 2.72. The zero-order valence-electron chi connectivity index (χ0n) is 16.9. The Balaban J connectivity index is 0.000000858. The van der Waals surface area contributed by atoms with E-state index in [4.69, 9.17) is 60.2 Å². The molecule has 1 fully saturated rings. The molecule has 0 aliphatic heterocycles. The zero-order chi connectivity index (χ0) is 23.2. The third-order valence-corrected chi connectivity index (χ3v) is 5.79. The molecule has 2 unspecified atom stereocenters. The van der Waals surface area contributed by atoms with Crippen LogP contribution in [0, 0.1) is 17.2 Å². The van der Waals surface area contributed by atoms with Crippen molar-refractivity contribution in [2.75, 3.05) is 0 Å². The van der Waals surface area contributed by atoms with Gasteiger partial charge in [-0.1, -0.05) is 10.4 Å². The third-order valence-electron chi connectivity index (χ3n) is 5.79. The Morgan fingerprint density at radius 1 is 1.16 bits per heavy atom. The Labute approximate surface area is 190 Å². The van der Waals surface area contributed by atoms with Crippen molar-refractivity contribution in [1.82, 2.24) is 24.7 Å². The Bertz CT molecular complexity index is 1110. The molecule has 2 N–H and O–H groups in total. The molecule has 138 valence electrons. The first kappa shape index (κ1) is 23.4. The Morgan fingerprint density at radius 3 is 2.39 bits per heavy atom. The first-order chi connectivity index (χ1) is 14.3. The van der Waals surface area contributed by atoms with E-state index in [1.165, 1.54) is 17.9 Å². The fraction of sp³-hybridized carbons (Fsp3) is 0.412. The molecule has 0 aromatic carbocycles. The van der Waals surface area contributed by atoms with Crippen molar-refractivity contribution in [3.05, 3.63) is 31.0 Å². The highest BCUT2D eigenvalue weighted by atomic mass is 16.3. The molecule has 1 aliphatic carbocycles. The Morgan fingerprint density at radius 2 is 1.81 bits per heavy atom. The first-order valence-corrected chi connectivity index (χ1v) is 9.19. The van der Waals surface area contributed by atoms with E-state index in [2.05, 4.69) is 20.1 Å². The molecular weight excluding hydrogens is 380 g/mol. The van der Waals surface area contributed by atoms with Gasteiger partial charge < -0.3 is 10.1 Å². The molecule has 4 rings (SSSR count). The lowest BCUT2D eigenvalue weighted by Gasteiger charge is -2.49. The van der Waals surface area contributed by atoms with Crippen molar-refractivity contribution in [2.45, 2.75) is 34.6 Å². The number of aromatic amines is 1. The van der Waals surface area contributed by atoms with Crippen LogP contribution in [0.2, 0.25) is 15.6 Å². The highest BCUT2D eigenvalue weighted by Gasteiger charge is 2.66. The van der Waals surface area contributed by atoms with Gasteiger partial charge in [0.25, 0.3) is 0 Å². The van der Waals surface area contributed by atoms with Crippen molar-refractivity contribution in [1.29, 1.82) is 5.26 Å². The van der Waals surface area contributed by atoms with Gasteiger partial charge in [-0.2, -0.15) is 10.4 Å². The van der Waals surface area contributed by atoms with E-state index < -0.39 is 27.1 Å². The summed E-state index contributed by atoms with van der Waals surface area (Å²) in [5.74, 6) is -1.00. The molecule has 3 aromatic heterocycles. The van der Waals surface area contributed by atoms with E-state index in [0.29, 0.717) is 11.3 Å². The van der Waals surface area contributed by atoms with Crippen molar-refractivity contribution in [2.24, 2.45) is 5.92 Å². The van der Waals surface area contributed by atoms with Gasteiger partial charge in [0.05, 0.1) is 65.0 Å². The van der Waals surface area contributed by atoms with Gasteiger partial charge >= 0.3 is 0 Å². The van der Waals surface area contributed by atoms with Crippen LogP contribution >= 0.6 is 0 Å². The van der Waals surface area contributed by atoms with Crippen LogP contribution in [0.25, 0.3) is 22.3 Å². The maximum Gasteiger partial charge on any atom is 0.141 e. The van der Waals surface area contributed by atoms with Crippen molar-refractivity contribution >= 4 is 66.0 Å². The SMILES string of the molecule is CC#N.[B]C1([B])C(Cn2cc(-c3ncnc4[nH]ccc34)cn2)C([B])([B])C([B])(O)C1([B])[B]. The van der Waals surface area contributed by atoms with Crippen LogP contribution in [0.5, 0.6) is 0 Å². The quantitative estimate of drug-likeness (QED) is 0.568.